The molecule has 1 fully saturated rings. The van der Waals surface area contributed by atoms with Crippen LogP contribution in [0.4, 0.5) is 4.79 Å². The summed E-state index contributed by atoms with van der Waals surface area (Å²) in [7, 11) is 0. The Labute approximate surface area is 185 Å². The van der Waals surface area contributed by atoms with E-state index < -0.39 is 29.9 Å². The number of carbonyl (C=O) groups excluding carboxylic acids is 3. The van der Waals surface area contributed by atoms with Gasteiger partial charge in [0.2, 0.25) is 5.91 Å². The van der Waals surface area contributed by atoms with Gasteiger partial charge in [-0.05, 0) is 30.0 Å². The zero-order valence-corrected chi connectivity index (χ0v) is 17.6. The Kier molecular flexibility index (Phi) is 6.51. The van der Waals surface area contributed by atoms with Crippen LogP contribution >= 0.6 is 0 Å². The smallest absolute Gasteiger partial charge is 0.324 e. The highest BCUT2D eigenvalue weighted by Crippen LogP contribution is 2.19. The molecule has 1 saturated heterocycles. The number of H-pyrrole nitrogens is 1. The fourth-order valence-electron chi connectivity index (χ4n) is 4.03. The summed E-state index contributed by atoms with van der Waals surface area (Å²) in [5.41, 5.74) is 3.01. The minimum absolute atomic E-state index is 0.167. The number of amides is 4. The fourth-order valence-corrected chi connectivity index (χ4v) is 4.03. The van der Waals surface area contributed by atoms with Crippen LogP contribution in [0, 0.1) is 0 Å². The van der Waals surface area contributed by atoms with Gasteiger partial charge in [0.1, 0.15) is 6.04 Å². The predicted octanol–water partition coefficient (Wildman–Crippen LogP) is 1.74. The number of rotatable bonds is 9. The molecule has 0 bridgehead atoms. The predicted molar refractivity (Wildman–Crippen MR) is 120 cm³/mol. The summed E-state index contributed by atoms with van der Waals surface area (Å²) in [6.45, 7) is 0.0141. The summed E-state index contributed by atoms with van der Waals surface area (Å²) in [5.74, 6) is -0.800. The molecule has 1 aliphatic heterocycles. The zero-order chi connectivity index (χ0) is 22.5. The van der Waals surface area contributed by atoms with Gasteiger partial charge in [0.05, 0.1) is 19.1 Å². The number of aliphatic hydroxyl groups excluding tert-OH is 1. The van der Waals surface area contributed by atoms with E-state index >= 15 is 0 Å². The largest absolute Gasteiger partial charge is 0.394 e. The number of aliphatic hydroxyl groups is 1. The number of hydrogen-bond donors (Lipinski definition) is 4. The Bertz CT molecular complexity index is 1110. The number of para-hydroxylation sites is 1. The van der Waals surface area contributed by atoms with Crippen LogP contribution in [0.2, 0.25) is 0 Å². The Morgan fingerprint density at radius 2 is 1.84 bits per heavy atom. The number of fused-ring (bicyclic) bond motifs is 1. The molecule has 4 amide bonds. The van der Waals surface area contributed by atoms with Crippen LogP contribution in [-0.4, -0.2) is 58.1 Å². The molecule has 0 spiro atoms. The number of urea groups is 1. The van der Waals surface area contributed by atoms with Crippen LogP contribution in [-0.2, 0) is 22.4 Å². The summed E-state index contributed by atoms with van der Waals surface area (Å²) < 4.78 is 0. The first-order valence-corrected chi connectivity index (χ1v) is 10.7. The molecule has 3 aromatic rings. The third-order valence-electron chi connectivity index (χ3n) is 5.69. The van der Waals surface area contributed by atoms with Crippen molar-refractivity contribution in [2.24, 2.45) is 0 Å². The second-order valence-corrected chi connectivity index (χ2v) is 7.94. The van der Waals surface area contributed by atoms with Gasteiger partial charge in [0, 0.05) is 23.6 Å². The molecule has 0 radical (unpaired) electrons. The van der Waals surface area contributed by atoms with Crippen LogP contribution < -0.4 is 10.6 Å². The third kappa shape index (κ3) is 4.81. The van der Waals surface area contributed by atoms with Gasteiger partial charge < -0.3 is 20.7 Å². The number of nitrogens with one attached hydrogen (secondary N) is 3. The van der Waals surface area contributed by atoms with Gasteiger partial charge >= 0.3 is 6.03 Å². The molecule has 4 N–H and O–H groups in total. The number of aromatic amines is 1. The second kappa shape index (κ2) is 9.65. The standard InChI is InChI=1S/C24H26N4O4/c29-15-18(12-16-6-2-1-3-7-16)26-22(30)13-21-23(31)28(24(32)27-21)11-10-17-14-25-20-9-5-4-8-19(17)20/h1-9,14,18,21,25,29H,10-13,15H2,(H,26,30)(H,27,32)/t18-,21-/m1/s1. The van der Waals surface area contributed by atoms with Crippen LogP contribution in [0.15, 0.2) is 60.8 Å². The molecule has 2 atom stereocenters. The Balaban J connectivity index is 1.31. The summed E-state index contributed by atoms with van der Waals surface area (Å²) in [5, 5.41) is 16.0. The van der Waals surface area contributed by atoms with E-state index in [-0.39, 0.29) is 19.6 Å². The van der Waals surface area contributed by atoms with Gasteiger partial charge in [-0.2, -0.15) is 0 Å². The van der Waals surface area contributed by atoms with Crippen molar-refractivity contribution in [1.29, 1.82) is 0 Å². The SMILES string of the molecule is O=C(C[C@H]1NC(=O)N(CCc2c[nH]c3ccccc23)C1=O)N[C@@H](CO)Cc1ccccc1. The average Bonchev–Trinajstić information content (AvgIpc) is 3.33. The van der Waals surface area contributed by atoms with Crippen LogP contribution in [0.1, 0.15) is 17.5 Å². The maximum absolute atomic E-state index is 12.7. The molecule has 1 aliphatic rings. The summed E-state index contributed by atoms with van der Waals surface area (Å²) in [6.07, 6.45) is 2.71. The second-order valence-electron chi connectivity index (χ2n) is 7.94. The molecule has 4 rings (SSSR count). The van der Waals surface area contributed by atoms with Gasteiger partial charge in [-0.1, -0.05) is 48.5 Å². The van der Waals surface area contributed by atoms with E-state index in [1.165, 1.54) is 0 Å². The number of imide groups is 1. The summed E-state index contributed by atoms with van der Waals surface area (Å²) >= 11 is 0. The molecule has 1 aromatic heterocycles. The Morgan fingerprint density at radius 3 is 2.62 bits per heavy atom. The number of aromatic nitrogens is 1. The minimum atomic E-state index is -0.901. The molecular formula is C24H26N4O4. The topological polar surface area (TPSA) is 115 Å². The minimum Gasteiger partial charge on any atom is -0.394 e. The molecule has 0 aliphatic carbocycles. The van der Waals surface area contributed by atoms with Gasteiger partial charge in [-0.25, -0.2) is 4.79 Å². The van der Waals surface area contributed by atoms with Crippen molar-refractivity contribution in [2.75, 3.05) is 13.2 Å². The highest BCUT2D eigenvalue weighted by molar-refractivity contribution is 6.05. The Hall–Kier alpha value is -3.65. The Morgan fingerprint density at radius 1 is 1.09 bits per heavy atom. The maximum Gasteiger partial charge on any atom is 0.324 e. The van der Waals surface area contributed by atoms with Gasteiger partial charge in [0.25, 0.3) is 5.91 Å². The van der Waals surface area contributed by atoms with Crippen LogP contribution in [0.25, 0.3) is 10.9 Å². The van der Waals surface area contributed by atoms with E-state index in [1.807, 2.05) is 60.8 Å². The summed E-state index contributed by atoms with van der Waals surface area (Å²) in [6, 6.07) is 15.5. The van der Waals surface area contributed by atoms with Crippen molar-refractivity contribution in [3.8, 4) is 0 Å². The average molecular weight is 434 g/mol. The molecule has 2 heterocycles. The van der Waals surface area contributed by atoms with E-state index in [0.29, 0.717) is 12.8 Å². The highest BCUT2D eigenvalue weighted by Gasteiger charge is 2.39. The first-order valence-electron chi connectivity index (χ1n) is 10.7. The third-order valence-corrected chi connectivity index (χ3v) is 5.69. The maximum atomic E-state index is 12.7. The first-order chi connectivity index (χ1) is 15.5. The first kappa shape index (κ1) is 21.6. The highest BCUT2D eigenvalue weighted by atomic mass is 16.3. The molecular weight excluding hydrogens is 408 g/mol. The lowest BCUT2D eigenvalue weighted by Crippen LogP contribution is -2.43. The molecule has 8 heteroatoms. The lowest BCUT2D eigenvalue weighted by molar-refractivity contribution is -0.131. The van der Waals surface area contributed by atoms with Crippen LogP contribution in [0.5, 0.6) is 0 Å². The van der Waals surface area contributed by atoms with E-state index in [0.717, 1.165) is 26.9 Å². The molecule has 166 valence electrons. The van der Waals surface area contributed by atoms with E-state index in [1.54, 1.807) is 0 Å². The number of nitrogens with zero attached hydrogens (tertiary/aromatic N) is 1. The van der Waals surface area contributed by atoms with Crippen molar-refractivity contribution in [3.05, 3.63) is 71.9 Å². The molecule has 8 nitrogen and oxygen atoms in total. The summed E-state index contributed by atoms with van der Waals surface area (Å²) in [4.78, 5) is 41.9. The number of hydrogen-bond acceptors (Lipinski definition) is 4. The van der Waals surface area contributed by atoms with E-state index in [9.17, 15) is 19.5 Å². The van der Waals surface area contributed by atoms with Gasteiger partial charge in [-0.15, -0.1) is 0 Å². The zero-order valence-electron chi connectivity index (χ0n) is 17.6. The van der Waals surface area contributed by atoms with Crippen molar-refractivity contribution >= 4 is 28.7 Å². The molecule has 0 saturated carbocycles. The molecule has 32 heavy (non-hydrogen) atoms. The lowest BCUT2D eigenvalue weighted by Gasteiger charge is -2.17. The monoisotopic (exact) mass is 434 g/mol. The fraction of sp³-hybridized carbons (Fsp3) is 0.292. The van der Waals surface area contributed by atoms with Gasteiger partial charge in [0.15, 0.2) is 0 Å². The van der Waals surface area contributed by atoms with Crippen molar-refractivity contribution in [1.82, 2.24) is 20.5 Å². The van der Waals surface area contributed by atoms with E-state index in [2.05, 4.69) is 15.6 Å². The molecule has 0 unspecified atom stereocenters. The molecule has 2 aromatic carbocycles. The lowest BCUT2D eigenvalue weighted by atomic mass is 10.1. The van der Waals surface area contributed by atoms with Gasteiger partial charge in [-0.3, -0.25) is 14.5 Å². The van der Waals surface area contributed by atoms with Crippen LogP contribution in [0.3, 0.4) is 0 Å². The quantitative estimate of drug-likeness (QED) is 0.384. The van der Waals surface area contributed by atoms with Crippen molar-refractivity contribution < 1.29 is 19.5 Å². The van der Waals surface area contributed by atoms with E-state index in [4.69, 9.17) is 0 Å². The van der Waals surface area contributed by atoms with Crippen molar-refractivity contribution in [2.45, 2.75) is 31.3 Å². The number of benzene rings is 2. The normalized spacial score (nSPS) is 16.9. The van der Waals surface area contributed by atoms with Crippen molar-refractivity contribution in [3.63, 3.8) is 0 Å². The number of carbonyl (C=O) groups is 3.